The molecule has 0 saturated heterocycles. The first-order chi connectivity index (χ1) is 12.7. The quantitative estimate of drug-likeness (QED) is 0.552. The van der Waals surface area contributed by atoms with Gasteiger partial charge in [0.1, 0.15) is 5.82 Å². The summed E-state index contributed by atoms with van der Waals surface area (Å²) >= 11 is 1.71. The van der Waals surface area contributed by atoms with Gasteiger partial charge in [0.2, 0.25) is 5.91 Å². The van der Waals surface area contributed by atoms with Gasteiger partial charge >= 0.3 is 0 Å². The van der Waals surface area contributed by atoms with Crippen molar-refractivity contribution in [3.8, 4) is 0 Å². The summed E-state index contributed by atoms with van der Waals surface area (Å²) in [4.78, 5) is 13.5. The van der Waals surface area contributed by atoms with E-state index in [1.165, 1.54) is 12.1 Å². The fraction of sp³-hybridized carbons (Fsp3) is 0.409. The van der Waals surface area contributed by atoms with Gasteiger partial charge in [-0.2, -0.15) is 0 Å². The molecule has 5 heteroatoms. The van der Waals surface area contributed by atoms with E-state index in [-0.39, 0.29) is 17.1 Å². The molecule has 0 unspecified atom stereocenters. The van der Waals surface area contributed by atoms with Gasteiger partial charge in [0, 0.05) is 23.5 Å². The van der Waals surface area contributed by atoms with Gasteiger partial charge in [-0.15, -0.1) is 11.8 Å². The van der Waals surface area contributed by atoms with Gasteiger partial charge in [0.25, 0.3) is 0 Å². The third kappa shape index (κ3) is 6.90. The molecule has 0 fully saturated rings. The lowest BCUT2D eigenvalue weighted by molar-refractivity contribution is -0.117. The Bertz CT molecular complexity index is 782. The van der Waals surface area contributed by atoms with Crippen LogP contribution in [-0.4, -0.2) is 11.7 Å². The Kier molecular flexibility index (Phi) is 7.31. The Balaban J connectivity index is 2.16. The van der Waals surface area contributed by atoms with Crippen LogP contribution in [0.4, 0.5) is 15.8 Å². The van der Waals surface area contributed by atoms with E-state index in [0.29, 0.717) is 13.0 Å². The fourth-order valence-electron chi connectivity index (χ4n) is 2.76. The zero-order chi connectivity index (χ0) is 20.0. The Hall–Kier alpha value is -2.01. The van der Waals surface area contributed by atoms with Gasteiger partial charge in [0.05, 0.1) is 5.69 Å². The van der Waals surface area contributed by atoms with Gasteiger partial charge in [-0.25, -0.2) is 4.39 Å². The first kappa shape index (κ1) is 21.3. The number of hydrogen-bond donors (Lipinski definition) is 2. The van der Waals surface area contributed by atoms with Crippen molar-refractivity contribution in [2.45, 2.75) is 52.5 Å². The molecule has 0 aliphatic heterocycles. The average Bonchev–Trinajstić information content (AvgIpc) is 2.56. The minimum Gasteiger partial charge on any atom is -0.381 e. The molecule has 2 aromatic rings. The molecular weight excluding hydrogens is 359 g/mol. The van der Waals surface area contributed by atoms with Crippen LogP contribution >= 0.6 is 11.8 Å². The molecule has 2 rings (SSSR count). The second-order valence-corrected chi connectivity index (χ2v) is 9.17. The van der Waals surface area contributed by atoms with E-state index < -0.39 is 0 Å². The molecule has 27 heavy (non-hydrogen) atoms. The maximum atomic E-state index is 13.0. The molecule has 2 N–H and O–H groups in total. The zero-order valence-corrected chi connectivity index (χ0v) is 17.6. The van der Waals surface area contributed by atoms with Crippen LogP contribution in [0.15, 0.2) is 41.3 Å². The summed E-state index contributed by atoms with van der Waals surface area (Å²) in [6.45, 7) is 10.9. The van der Waals surface area contributed by atoms with E-state index in [0.717, 1.165) is 33.2 Å². The number of anilines is 2. The summed E-state index contributed by atoms with van der Waals surface area (Å²) in [7, 11) is 0. The summed E-state index contributed by atoms with van der Waals surface area (Å²) in [5.41, 5.74) is 3.87. The van der Waals surface area contributed by atoms with Crippen molar-refractivity contribution in [3.05, 3.63) is 53.3 Å². The molecule has 0 aliphatic rings. The number of benzene rings is 2. The molecule has 146 valence electrons. The lowest BCUT2D eigenvalue weighted by Gasteiger charge is -2.20. The Labute approximate surface area is 166 Å². The molecule has 0 radical (unpaired) electrons. The fourth-order valence-corrected chi connectivity index (χ4v) is 3.64. The number of hydrogen-bond acceptors (Lipinski definition) is 3. The molecule has 2 aromatic carbocycles. The van der Waals surface area contributed by atoms with Crippen LogP contribution in [0.3, 0.4) is 0 Å². The normalized spacial score (nSPS) is 11.3. The number of nitrogens with one attached hydrogen (secondary N) is 2. The zero-order valence-electron chi connectivity index (χ0n) is 16.8. The first-order valence-electron chi connectivity index (χ1n) is 9.23. The predicted octanol–water partition coefficient (Wildman–Crippen LogP) is 6.23. The first-order valence-corrected chi connectivity index (χ1v) is 10.2. The molecule has 0 aromatic heterocycles. The summed E-state index contributed by atoms with van der Waals surface area (Å²) in [6, 6.07) is 10.6. The van der Waals surface area contributed by atoms with Gasteiger partial charge in [-0.05, 0) is 53.5 Å². The van der Waals surface area contributed by atoms with E-state index in [4.69, 9.17) is 0 Å². The van der Waals surface area contributed by atoms with E-state index in [1.807, 2.05) is 13.0 Å². The van der Waals surface area contributed by atoms with E-state index in [1.54, 1.807) is 23.9 Å². The van der Waals surface area contributed by atoms with Crippen LogP contribution in [0.2, 0.25) is 0 Å². The number of carbonyl (C=O) groups excluding carboxylic acids is 1. The van der Waals surface area contributed by atoms with Crippen molar-refractivity contribution in [2.24, 2.45) is 5.41 Å². The number of thioether (sulfide) groups is 1. The molecule has 0 saturated carbocycles. The number of carbonyl (C=O) groups is 1. The highest BCUT2D eigenvalue weighted by Crippen LogP contribution is 2.34. The maximum Gasteiger partial charge on any atom is 0.224 e. The minimum atomic E-state index is -0.230. The van der Waals surface area contributed by atoms with Gasteiger partial charge < -0.3 is 10.6 Å². The van der Waals surface area contributed by atoms with Crippen molar-refractivity contribution >= 4 is 29.0 Å². The van der Waals surface area contributed by atoms with Crippen LogP contribution in [0.5, 0.6) is 0 Å². The van der Waals surface area contributed by atoms with Crippen LogP contribution in [0.25, 0.3) is 0 Å². The van der Waals surface area contributed by atoms with Crippen LogP contribution < -0.4 is 10.6 Å². The number of amides is 1. The Morgan fingerprint density at radius 2 is 1.81 bits per heavy atom. The lowest BCUT2D eigenvalue weighted by atomic mass is 9.92. The smallest absolute Gasteiger partial charge is 0.224 e. The molecule has 3 nitrogen and oxygen atoms in total. The number of aryl methyl sites for hydroxylation is 1. The van der Waals surface area contributed by atoms with Crippen LogP contribution in [0.1, 0.15) is 45.2 Å². The monoisotopic (exact) mass is 388 g/mol. The summed E-state index contributed by atoms with van der Waals surface area (Å²) in [6.07, 6.45) is 0.479. The van der Waals surface area contributed by atoms with Crippen LogP contribution in [-0.2, 0) is 11.3 Å². The van der Waals surface area contributed by atoms with Crippen molar-refractivity contribution in [1.29, 1.82) is 0 Å². The largest absolute Gasteiger partial charge is 0.381 e. The van der Waals surface area contributed by atoms with Gasteiger partial charge in [0.15, 0.2) is 0 Å². The van der Waals surface area contributed by atoms with E-state index in [2.05, 4.69) is 44.4 Å². The van der Waals surface area contributed by atoms with Crippen molar-refractivity contribution in [1.82, 2.24) is 0 Å². The lowest BCUT2D eigenvalue weighted by Crippen LogP contribution is -2.20. The van der Waals surface area contributed by atoms with Crippen molar-refractivity contribution < 1.29 is 9.18 Å². The van der Waals surface area contributed by atoms with E-state index >= 15 is 0 Å². The van der Waals surface area contributed by atoms with Crippen molar-refractivity contribution in [2.75, 3.05) is 16.4 Å². The highest BCUT2D eigenvalue weighted by Gasteiger charge is 2.18. The Morgan fingerprint density at radius 1 is 1.15 bits per heavy atom. The van der Waals surface area contributed by atoms with Crippen LogP contribution in [0, 0.1) is 18.2 Å². The van der Waals surface area contributed by atoms with Crippen molar-refractivity contribution in [3.63, 3.8) is 0 Å². The number of halogens is 1. The number of rotatable bonds is 7. The Morgan fingerprint density at radius 3 is 2.41 bits per heavy atom. The standard InChI is InChI=1S/C22H29FN2OS/c1-6-27-19-12-18(24-14-16-7-9-17(23)10-8-16)11-15(2)21(19)25-20(26)13-22(3,4)5/h7-12,24H,6,13-14H2,1-5H3,(H,25,26). The maximum absolute atomic E-state index is 13.0. The van der Waals surface area contributed by atoms with Gasteiger partial charge in [-0.3, -0.25) is 4.79 Å². The van der Waals surface area contributed by atoms with E-state index in [9.17, 15) is 9.18 Å². The third-order valence-electron chi connectivity index (χ3n) is 3.96. The molecule has 0 aliphatic carbocycles. The summed E-state index contributed by atoms with van der Waals surface area (Å²) < 4.78 is 13.0. The molecule has 0 heterocycles. The summed E-state index contributed by atoms with van der Waals surface area (Å²) in [5, 5.41) is 6.49. The average molecular weight is 389 g/mol. The molecule has 1 amide bonds. The predicted molar refractivity (Wildman–Crippen MR) is 114 cm³/mol. The molecular formula is C22H29FN2OS. The SMILES string of the molecule is CCSc1cc(NCc2ccc(F)cc2)cc(C)c1NC(=O)CC(C)(C)C. The highest BCUT2D eigenvalue weighted by molar-refractivity contribution is 7.99. The second kappa shape index (κ2) is 9.27. The highest BCUT2D eigenvalue weighted by atomic mass is 32.2. The summed E-state index contributed by atoms with van der Waals surface area (Å²) in [5.74, 6) is 0.727. The second-order valence-electron chi connectivity index (χ2n) is 7.86. The minimum absolute atomic E-state index is 0.0376. The third-order valence-corrected chi connectivity index (χ3v) is 4.89. The molecule has 0 bridgehead atoms. The molecule has 0 atom stereocenters. The van der Waals surface area contributed by atoms with Gasteiger partial charge in [-0.1, -0.05) is 39.8 Å². The molecule has 0 spiro atoms. The topological polar surface area (TPSA) is 41.1 Å².